The summed E-state index contributed by atoms with van der Waals surface area (Å²) in [6.45, 7) is 1.66. The summed E-state index contributed by atoms with van der Waals surface area (Å²) >= 11 is 0. The normalized spacial score (nSPS) is 31.4. The third-order valence-electron chi connectivity index (χ3n) is 4.51. The van der Waals surface area contributed by atoms with Crippen molar-refractivity contribution >= 4 is 5.78 Å². The lowest BCUT2D eigenvalue weighted by Gasteiger charge is -2.33. The average molecular weight is 257 g/mol. The van der Waals surface area contributed by atoms with Gasteiger partial charge in [0.15, 0.2) is 17.3 Å². The SMILES string of the molecule is O=C1C=CC23CCNCc4ccc(O)c(c42)OC3C1. The lowest BCUT2D eigenvalue weighted by Crippen LogP contribution is -2.41. The van der Waals surface area contributed by atoms with Crippen molar-refractivity contribution in [1.82, 2.24) is 5.32 Å². The van der Waals surface area contributed by atoms with Crippen LogP contribution in [0.1, 0.15) is 24.0 Å². The van der Waals surface area contributed by atoms with Crippen molar-refractivity contribution in [1.29, 1.82) is 0 Å². The van der Waals surface area contributed by atoms with Crippen LogP contribution < -0.4 is 10.1 Å². The number of aromatic hydroxyl groups is 1. The van der Waals surface area contributed by atoms with Crippen LogP contribution in [0.4, 0.5) is 0 Å². The van der Waals surface area contributed by atoms with E-state index in [4.69, 9.17) is 4.74 Å². The number of phenols is 1. The second kappa shape index (κ2) is 3.61. The Morgan fingerprint density at radius 3 is 3.21 bits per heavy atom. The number of nitrogens with one attached hydrogen (secondary N) is 1. The van der Waals surface area contributed by atoms with Gasteiger partial charge in [0.1, 0.15) is 6.10 Å². The molecular weight excluding hydrogens is 242 g/mol. The molecule has 0 amide bonds. The number of rotatable bonds is 0. The van der Waals surface area contributed by atoms with Gasteiger partial charge in [-0.2, -0.15) is 0 Å². The summed E-state index contributed by atoms with van der Waals surface area (Å²) in [5.74, 6) is 0.850. The first-order chi connectivity index (χ1) is 9.21. The highest BCUT2D eigenvalue weighted by Crippen LogP contribution is 2.54. The average Bonchev–Trinajstić information content (AvgIpc) is 2.61. The molecule has 3 aliphatic rings. The molecule has 2 N–H and O–H groups in total. The summed E-state index contributed by atoms with van der Waals surface area (Å²) in [5, 5.41) is 13.4. The molecule has 1 aromatic carbocycles. The standard InChI is InChI=1S/C15H15NO3/c17-10-3-4-15-5-6-16-8-9-1-2-11(18)14(13(9)15)19-12(15)7-10/h1-4,12,16,18H,5-8H2. The number of carbonyl (C=O) groups is 1. The summed E-state index contributed by atoms with van der Waals surface area (Å²) in [6.07, 6.45) is 4.78. The number of allylic oxidation sites excluding steroid dienone is 1. The fraction of sp³-hybridized carbons (Fsp3) is 0.400. The Labute approximate surface area is 111 Å². The van der Waals surface area contributed by atoms with Gasteiger partial charge in [-0.3, -0.25) is 4.79 Å². The molecule has 2 unspecified atom stereocenters. The highest BCUT2D eigenvalue weighted by molar-refractivity contribution is 5.92. The van der Waals surface area contributed by atoms with Crippen molar-refractivity contribution in [2.75, 3.05) is 6.54 Å². The Balaban J connectivity index is 2.00. The van der Waals surface area contributed by atoms with Crippen LogP contribution in [0.2, 0.25) is 0 Å². The summed E-state index contributed by atoms with van der Waals surface area (Å²) in [5.41, 5.74) is 1.99. The molecule has 1 spiro atoms. The fourth-order valence-electron chi connectivity index (χ4n) is 3.59. The number of hydrogen-bond donors (Lipinski definition) is 2. The lowest BCUT2D eigenvalue weighted by molar-refractivity contribution is -0.117. The van der Waals surface area contributed by atoms with E-state index >= 15 is 0 Å². The van der Waals surface area contributed by atoms with Gasteiger partial charge in [0, 0.05) is 18.5 Å². The zero-order valence-corrected chi connectivity index (χ0v) is 10.5. The molecule has 4 nitrogen and oxygen atoms in total. The number of phenolic OH excluding ortho intramolecular Hbond substituents is 1. The molecule has 0 saturated heterocycles. The maximum Gasteiger partial charge on any atom is 0.165 e. The van der Waals surface area contributed by atoms with Crippen molar-refractivity contribution < 1.29 is 14.6 Å². The minimum atomic E-state index is -0.249. The van der Waals surface area contributed by atoms with E-state index in [2.05, 4.69) is 5.32 Å². The molecular formula is C15H15NO3. The van der Waals surface area contributed by atoms with Crippen LogP contribution in [0.3, 0.4) is 0 Å². The van der Waals surface area contributed by atoms with E-state index in [9.17, 15) is 9.90 Å². The number of carbonyl (C=O) groups excluding carboxylic acids is 1. The summed E-state index contributed by atoms with van der Waals surface area (Å²) in [4.78, 5) is 11.6. The van der Waals surface area contributed by atoms with Crippen LogP contribution in [0, 0.1) is 0 Å². The van der Waals surface area contributed by atoms with E-state index in [0.29, 0.717) is 12.2 Å². The van der Waals surface area contributed by atoms with Crippen LogP contribution in [0.25, 0.3) is 0 Å². The van der Waals surface area contributed by atoms with E-state index in [1.54, 1.807) is 12.1 Å². The van der Waals surface area contributed by atoms with Gasteiger partial charge in [0.05, 0.1) is 5.41 Å². The zero-order valence-electron chi connectivity index (χ0n) is 10.5. The van der Waals surface area contributed by atoms with E-state index in [1.165, 1.54) is 0 Å². The molecule has 4 rings (SSSR count). The molecule has 0 aromatic heterocycles. The van der Waals surface area contributed by atoms with Gasteiger partial charge in [-0.25, -0.2) is 0 Å². The van der Waals surface area contributed by atoms with E-state index in [-0.39, 0.29) is 23.1 Å². The molecule has 2 aliphatic heterocycles. The molecule has 0 saturated carbocycles. The maximum atomic E-state index is 11.6. The predicted octanol–water partition coefficient (Wildman–Crippen LogP) is 1.41. The van der Waals surface area contributed by atoms with Crippen LogP contribution in [0.5, 0.6) is 11.5 Å². The second-order valence-electron chi connectivity index (χ2n) is 5.53. The Morgan fingerprint density at radius 1 is 1.42 bits per heavy atom. The predicted molar refractivity (Wildman–Crippen MR) is 69.3 cm³/mol. The van der Waals surface area contributed by atoms with Gasteiger partial charge in [-0.1, -0.05) is 12.1 Å². The highest BCUT2D eigenvalue weighted by atomic mass is 16.5. The van der Waals surface area contributed by atoms with Crippen LogP contribution in [0.15, 0.2) is 24.3 Å². The third kappa shape index (κ3) is 1.35. The first-order valence-electron chi connectivity index (χ1n) is 6.65. The highest BCUT2D eigenvalue weighted by Gasteiger charge is 2.52. The minimum Gasteiger partial charge on any atom is -0.504 e. The van der Waals surface area contributed by atoms with Crippen LogP contribution in [-0.2, 0) is 16.8 Å². The fourth-order valence-corrected chi connectivity index (χ4v) is 3.59. The Morgan fingerprint density at radius 2 is 2.32 bits per heavy atom. The number of ketones is 1. The first-order valence-corrected chi connectivity index (χ1v) is 6.65. The minimum absolute atomic E-state index is 0.0988. The smallest absolute Gasteiger partial charge is 0.165 e. The number of hydrogen-bond acceptors (Lipinski definition) is 4. The summed E-state index contributed by atoms with van der Waals surface area (Å²) in [7, 11) is 0. The Bertz CT molecular complexity index is 608. The molecule has 4 heteroatoms. The van der Waals surface area contributed by atoms with Crippen molar-refractivity contribution in [3.63, 3.8) is 0 Å². The van der Waals surface area contributed by atoms with Crippen LogP contribution >= 0.6 is 0 Å². The van der Waals surface area contributed by atoms with E-state index < -0.39 is 0 Å². The number of benzene rings is 1. The molecule has 1 aromatic rings. The lowest BCUT2D eigenvalue weighted by atomic mass is 9.69. The van der Waals surface area contributed by atoms with E-state index in [1.807, 2.05) is 12.1 Å². The topological polar surface area (TPSA) is 58.6 Å². The largest absolute Gasteiger partial charge is 0.504 e. The Kier molecular flexibility index (Phi) is 2.10. The van der Waals surface area contributed by atoms with Gasteiger partial charge in [0.2, 0.25) is 0 Å². The molecule has 0 fully saturated rings. The van der Waals surface area contributed by atoms with Gasteiger partial charge < -0.3 is 15.2 Å². The molecule has 19 heavy (non-hydrogen) atoms. The first kappa shape index (κ1) is 11.1. The van der Waals surface area contributed by atoms with Crippen molar-refractivity contribution in [2.45, 2.75) is 30.9 Å². The van der Waals surface area contributed by atoms with Gasteiger partial charge in [-0.05, 0) is 30.7 Å². The monoisotopic (exact) mass is 257 g/mol. The van der Waals surface area contributed by atoms with Crippen molar-refractivity contribution in [3.05, 3.63) is 35.4 Å². The van der Waals surface area contributed by atoms with Crippen molar-refractivity contribution in [3.8, 4) is 11.5 Å². The van der Waals surface area contributed by atoms with Gasteiger partial charge in [0.25, 0.3) is 0 Å². The molecule has 0 bridgehead atoms. The zero-order chi connectivity index (χ0) is 13.0. The second-order valence-corrected chi connectivity index (χ2v) is 5.53. The van der Waals surface area contributed by atoms with Gasteiger partial charge >= 0.3 is 0 Å². The van der Waals surface area contributed by atoms with Crippen LogP contribution in [-0.4, -0.2) is 23.5 Å². The van der Waals surface area contributed by atoms with Crippen molar-refractivity contribution in [2.24, 2.45) is 0 Å². The molecule has 0 radical (unpaired) electrons. The maximum absolute atomic E-state index is 11.6. The summed E-state index contributed by atoms with van der Waals surface area (Å²) in [6, 6.07) is 3.63. The van der Waals surface area contributed by atoms with E-state index in [0.717, 1.165) is 30.6 Å². The molecule has 2 atom stereocenters. The third-order valence-corrected chi connectivity index (χ3v) is 4.51. The van der Waals surface area contributed by atoms with Gasteiger partial charge in [-0.15, -0.1) is 0 Å². The quantitative estimate of drug-likeness (QED) is 0.738. The Hall–Kier alpha value is -1.81. The number of ether oxygens (including phenoxy) is 1. The molecule has 2 heterocycles. The molecule has 1 aliphatic carbocycles. The summed E-state index contributed by atoms with van der Waals surface area (Å²) < 4.78 is 5.93. The molecule has 98 valence electrons.